The Bertz CT molecular complexity index is 1250. The van der Waals surface area contributed by atoms with Crippen molar-refractivity contribution >= 4 is 34.0 Å². The van der Waals surface area contributed by atoms with Crippen LogP contribution in [-0.2, 0) is 10.2 Å². The molecule has 1 N–H and O–H groups in total. The molecule has 0 atom stereocenters. The maximum Gasteiger partial charge on any atom is 0.257 e. The van der Waals surface area contributed by atoms with Gasteiger partial charge in [-0.2, -0.15) is 0 Å². The Balaban J connectivity index is 1.51. The van der Waals surface area contributed by atoms with Crippen molar-refractivity contribution in [2.45, 2.75) is 46.0 Å². The summed E-state index contributed by atoms with van der Waals surface area (Å²) < 4.78 is 11.5. The van der Waals surface area contributed by atoms with Crippen molar-refractivity contribution in [2.24, 2.45) is 0 Å². The van der Waals surface area contributed by atoms with Crippen molar-refractivity contribution in [3.63, 3.8) is 0 Å². The highest BCUT2D eigenvalue weighted by Crippen LogP contribution is 2.42. The third-order valence-corrected chi connectivity index (χ3v) is 6.91. The van der Waals surface area contributed by atoms with Crippen LogP contribution in [0.5, 0.6) is 11.5 Å². The van der Waals surface area contributed by atoms with Crippen LogP contribution in [0.4, 0.5) is 10.8 Å². The number of rotatable bonds is 9. The number of fused-ring (bicyclic) bond motifs is 1. The summed E-state index contributed by atoms with van der Waals surface area (Å²) >= 11 is 1.36. The number of carbonyl (C=O) groups is 2. The van der Waals surface area contributed by atoms with Gasteiger partial charge in [-0.15, -0.1) is 11.3 Å². The van der Waals surface area contributed by atoms with E-state index in [-0.39, 0.29) is 11.8 Å². The molecule has 2 amide bonds. The van der Waals surface area contributed by atoms with Crippen molar-refractivity contribution in [3.8, 4) is 22.8 Å². The van der Waals surface area contributed by atoms with Crippen LogP contribution in [0.3, 0.4) is 0 Å². The van der Waals surface area contributed by atoms with Gasteiger partial charge in [-0.3, -0.25) is 14.9 Å². The van der Waals surface area contributed by atoms with E-state index in [1.54, 1.807) is 30.1 Å². The third kappa shape index (κ3) is 4.89. The average Bonchev–Trinajstić information content (AvgIpc) is 3.37. The SMILES string of the molecule is CCCCOc1ccc(C(=O)Nc2nc(-c3ccc4c(c3)C(C)(C)C(=O)N4C)cs2)cc1OCC. The summed E-state index contributed by atoms with van der Waals surface area (Å²) in [6.45, 7) is 8.95. The first-order valence-electron chi connectivity index (χ1n) is 11.9. The first-order valence-corrected chi connectivity index (χ1v) is 12.7. The number of carbonyl (C=O) groups excluding carboxylic acids is 2. The molecule has 1 aliphatic heterocycles. The number of likely N-dealkylation sites (N-methyl/N-ethyl adjacent to an activating group) is 1. The van der Waals surface area contributed by atoms with Gasteiger partial charge in [0.1, 0.15) is 0 Å². The maximum absolute atomic E-state index is 12.9. The number of benzene rings is 2. The smallest absolute Gasteiger partial charge is 0.257 e. The molecule has 0 saturated carbocycles. The van der Waals surface area contributed by atoms with Crippen molar-refractivity contribution in [1.82, 2.24) is 4.98 Å². The topological polar surface area (TPSA) is 80.8 Å². The van der Waals surface area contributed by atoms with Gasteiger partial charge in [0.05, 0.1) is 24.3 Å². The highest BCUT2D eigenvalue weighted by molar-refractivity contribution is 7.14. The normalized spacial score (nSPS) is 14.1. The first-order chi connectivity index (χ1) is 16.8. The lowest BCUT2D eigenvalue weighted by Crippen LogP contribution is -2.33. The molecule has 184 valence electrons. The van der Waals surface area contributed by atoms with Crippen molar-refractivity contribution in [3.05, 3.63) is 52.9 Å². The number of nitrogens with one attached hydrogen (secondary N) is 1. The van der Waals surface area contributed by atoms with Crippen LogP contribution >= 0.6 is 11.3 Å². The third-order valence-electron chi connectivity index (χ3n) is 6.15. The fourth-order valence-corrected chi connectivity index (χ4v) is 4.84. The monoisotopic (exact) mass is 493 g/mol. The molecule has 0 spiro atoms. The van der Waals surface area contributed by atoms with E-state index in [1.165, 1.54) is 11.3 Å². The minimum atomic E-state index is -0.585. The van der Waals surface area contributed by atoms with Gasteiger partial charge in [0, 0.05) is 29.2 Å². The van der Waals surface area contributed by atoms with Crippen LogP contribution in [0.15, 0.2) is 41.8 Å². The first kappa shape index (κ1) is 24.7. The summed E-state index contributed by atoms with van der Waals surface area (Å²) in [6.07, 6.45) is 1.99. The van der Waals surface area contributed by atoms with Crippen LogP contribution in [0.25, 0.3) is 11.3 Å². The van der Waals surface area contributed by atoms with Crippen LogP contribution in [-0.4, -0.2) is 37.1 Å². The molecule has 0 unspecified atom stereocenters. The molecule has 2 heterocycles. The van der Waals surface area contributed by atoms with E-state index in [2.05, 4.69) is 17.2 Å². The van der Waals surface area contributed by atoms with E-state index in [4.69, 9.17) is 9.47 Å². The minimum Gasteiger partial charge on any atom is -0.490 e. The van der Waals surface area contributed by atoms with Gasteiger partial charge in [0.2, 0.25) is 5.91 Å². The molecule has 8 heteroatoms. The molecule has 4 rings (SSSR count). The zero-order chi connectivity index (χ0) is 25.2. The largest absolute Gasteiger partial charge is 0.490 e. The van der Waals surface area contributed by atoms with Gasteiger partial charge in [-0.1, -0.05) is 19.4 Å². The van der Waals surface area contributed by atoms with Gasteiger partial charge in [-0.05, 0) is 63.1 Å². The van der Waals surface area contributed by atoms with Crippen LogP contribution in [0, 0.1) is 0 Å². The average molecular weight is 494 g/mol. The van der Waals surface area contributed by atoms with Crippen molar-refractivity contribution in [2.75, 3.05) is 30.5 Å². The number of hydrogen-bond acceptors (Lipinski definition) is 6. The molecule has 0 radical (unpaired) electrons. The summed E-state index contributed by atoms with van der Waals surface area (Å²) in [4.78, 5) is 31.8. The van der Waals surface area contributed by atoms with E-state index < -0.39 is 5.41 Å². The van der Waals surface area contributed by atoms with E-state index in [9.17, 15) is 9.59 Å². The predicted molar refractivity (Wildman–Crippen MR) is 140 cm³/mol. The highest BCUT2D eigenvalue weighted by atomic mass is 32.1. The van der Waals surface area contributed by atoms with E-state index >= 15 is 0 Å². The molecule has 1 aliphatic rings. The summed E-state index contributed by atoms with van der Waals surface area (Å²) in [5.41, 5.74) is 3.43. The predicted octanol–water partition coefficient (Wildman–Crippen LogP) is 5.89. The molecule has 0 fully saturated rings. The molecule has 0 saturated heterocycles. The molecule has 0 bridgehead atoms. The van der Waals surface area contributed by atoms with Gasteiger partial charge in [-0.25, -0.2) is 4.98 Å². The standard InChI is InChI=1S/C27H31N3O4S/c1-6-8-13-34-22-12-10-18(15-23(22)33-7-2)24(31)29-26-28-20(16-35-26)17-9-11-21-19(14-17)27(3,4)25(32)30(21)5/h9-12,14-16H,6-8,13H2,1-5H3,(H,28,29,31). The molecular formula is C27H31N3O4S. The van der Waals surface area contributed by atoms with Gasteiger partial charge in [0.15, 0.2) is 16.6 Å². The molecule has 0 aliphatic carbocycles. The lowest BCUT2D eigenvalue weighted by Gasteiger charge is -2.16. The van der Waals surface area contributed by atoms with Crippen LogP contribution < -0.4 is 19.7 Å². The Morgan fingerprint density at radius 1 is 1.11 bits per heavy atom. The van der Waals surface area contributed by atoms with Gasteiger partial charge < -0.3 is 14.4 Å². The summed E-state index contributed by atoms with van der Waals surface area (Å²) in [5, 5.41) is 5.29. The molecule has 35 heavy (non-hydrogen) atoms. The highest BCUT2D eigenvalue weighted by Gasteiger charge is 2.42. The number of amides is 2. The van der Waals surface area contributed by atoms with Crippen LogP contribution in [0.2, 0.25) is 0 Å². The number of nitrogens with zero attached hydrogens (tertiary/aromatic N) is 2. The van der Waals surface area contributed by atoms with Crippen molar-refractivity contribution in [1.29, 1.82) is 0 Å². The van der Waals surface area contributed by atoms with E-state index in [0.717, 1.165) is 35.3 Å². The lowest BCUT2D eigenvalue weighted by atomic mass is 9.85. The second-order valence-electron chi connectivity index (χ2n) is 9.01. The van der Waals surface area contributed by atoms with Crippen LogP contribution in [0.1, 0.15) is 56.5 Å². The van der Waals surface area contributed by atoms with Crippen molar-refractivity contribution < 1.29 is 19.1 Å². The number of aromatic nitrogens is 1. The Hall–Kier alpha value is -3.39. The Morgan fingerprint density at radius 2 is 1.91 bits per heavy atom. The molecule has 3 aromatic rings. The number of unbranched alkanes of at least 4 members (excludes halogenated alkanes) is 1. The van der Waals surface area contributed by atoms with Gasteiger partial charge in [0.25, 0.3) is 5.91 Å². The second-order valence-corrected chi connectivity index (χ2v) is 9.87. The molecule has 7 nitrogen and oxygen atoms in total. The fraction of sp³-hybridized carbons (Fsp3) is 0.370. The second kappa shape index (κ2) is 10.1. The maximum atomic E-state index is 12.9. The zero-order valence-electron chi connectivity index (χ0n) is 20.8. The summed E-state index contributed by atoms with van der Waals surface area (Å²) in [6, 6.07) is 11.1. The van der Waals surface area contributed by atoms with E-state index in [1.807, 2.05) is 44.4 Å². The quantitative estimate of drug-likeness (QED) is 0.376. The number of ether oxygens (including phenoxy) is 2. The Kier molecular flexibility index (Phi) is 7.12. The fourth-order valence-electron chi connectivity index (χ4n) is 4.13. The zero-order valence-corrected chi connectivity index (χ0v) is 21.6. The number of thiazole rings is 1. The lowest BCUT2D eigenvalue weighted by molar-refractivity contribution is -0.121. The summed E-state index contributed by atoms with van der Waals surface area (Å²) in [7, 11) is 1.80. The molecule has 1 aromatic heterocycles. The summed E-state index contributed by atoms with van der Waals surface area (Å²) in [5.74, 6) is 0.992. The number of anilines is 2. The molecule has 2 aromatic carbocycles. The van der Waals surface area contributed by atoms with Gasteiger partial charge >= 0.3 is 0 Å². The number of hydrogen-bond donors (Lipinski definition) is 1. The molecular weight excluding hydrogens is 462 g/mol. The Labute approximate surface area is 210 Å². The Morgan fingerprint density at radius 3 is 2.66 bits per heavy atom. The minimum absolute atomic E-state index is 0.0732. The van der Waals surface area contributed by atoms with E-state index in [0.29, 0.717) is 35.4 Å².